The Morgan fingerprint density at radius 2 is 1.77 bits per heavy atom. The molecule has 1 aliphatic carbocycles. The van der Waals surface area contributed by atoms with Gasteiger partial charge in [-0.1, -0.05) is 61.9 Å². The maximum Gasteiger partial charge on any atom is 0.417 e. The molecule has 3 nitrogen and oxygen atoms in total. The largest absolute Gasteiger partial charge is 0.417 e. The summed E-state index contributed by atoms with van der Waals surface area (Å²) < 4.78 is 40.2. The average Bonchev–Trinajstić information content (AvgIpc) is 2.74. The lowest BCUT2D eigenvalue weighted by molar-refractivity contribution is -0.139. The molecule has 1 N–H and O–H groups in total. The molecule has 3 aromatic rings. The molecule has 0 unspecified atom stereocenters. The van der Waals surface area contributed by atoms with E-state index in [0.29, 0.717) is 27.4 Å². The van der Waals surface area contributed by atoms with E-state index >= 15 is 0 Å². The number of aromatic nitrogens is 1. The van der Waals surface area contributed by atoms with E-state index in [1.165, 1.54) is 18.6 Å². The van der Waals surface area contributed by atoms with Crippen molar-refractivity contribution in [3.05, 3.63) is 65.7 Å². The molecule has 1 aromatic heterocycles. The summed E-state index contributed by atoms with van der Waals surface area (Å²) >= 11 is 0.923. The number of para-hydroxylation sites is 1. The molecule has 0 spiro atoms. The molecule has 1 saturated carbocycles. The van der Waals surface area contributed by atoms with Gasteiger partial charge in [0.1, 0.15) is 5.03 Å². The van der Waals surface area contributed by atoms with Gasteiger partial charge in [-0.05, 0) is 43.0 Å². The second-order valence-electron chi connectivity index (χ2n) is 7.96. The van der Waals surface area contributed by atoms with Gasteiger partial charge in [0, 0.05) is 16.3 Å². The number of benzene rings is 2. The molecular formula is C24H23F3N2OS. The van der Waals surface area contributed by atoms with E-state index in [2.05, 4.69) is 17.2 Å². The fourth-order valence-electron chi connectivity index (χ4n) is 4.07. The van der Waals surface area contributed by atoms with Crippen molar-refractivity contribution in [1.82, 2.24) is 10.3 Å². The number of hydrogen-bond donors (Lipinski definition) is 1. The third-order valence-electron chi connectivity index (χ3n) is 5.77. The lowest BCUT2D eigenvalue weighted by atomic mass is 9.86. The number of hydrogen-bond acceptors (Lipinski definition) is 3. The zero-order valence-corrected chi connectivity index (χ0v) is 17.9. The molecule has 0 bridgehead atoms. The number of carbonyl (C=O) groups excluding carboxylic acids is 1. The molecule has 31 heavy (non-hydrogen) atoms. The van der Waals surface area contributed by atoms with Gasteiger partial charge in [0.15, 0.2) is 0 Å². The highest BCUT2D eigenvalue weighted by atomic mass is 32.2. The first-order valence-electron chi connectivity index (χ1n) is 10.4. The van der Waals surface area contributed by atoms with Crippen LogP contribution < -0.4 is 5.32 Å². The first kappa shape index (κ1) is 21.7. The summed E-state index contributed by atoms with van der Waals surface area (Å²) in [7, 11) is 0. The second-order valence-corrected chi connectivity index (χ2v) is 9.03. The van der Waals surface area contributed by atoms with Gasteiger partial charge in [0.25, 0.3) is 5.91 Å². The quantitative estimate of drug-likeness (QED) is 0.486. The number of alkyl halides is 3. The minimum Gasteiger partial charge on any atom is -0.349 e. The van der Waals surface area contributed by atoms with E-state index in [-0.39, 0.29) is 16.8 Å². The van der Waals surface area contributed by atoms with Gasteiger partial charge in [0.05, 0.1) is 16.6 Å². The van der Waals surface area contributed by atoms with Crippen molar-refractivity contribution in [1.29, 1.82) is 0 Å². The Morgan fingerprint density at radius 1 is 1.06 bits per heavy atom. The standard InChI is InChI=1S/C24H23F3N2OS/c1-15-8-2-5-11-19(15)29-23(30)17-14-22(28-20-12-6-3-9-16(17)20)31-21-13-7-4-10-18(21)24(25,26)27/h3-4,6-7,9-10,12-15,19H,2,5,8,11H2,1H3,(H,29,30)/t15-,19+/m1/s1. The van der Waals surface area contributed by atoms with Crippen molar-refractivity contribution in [3.8, 4) is 0 Å². The molecule has 1 aliphatic rings. The summed E-state index contributed by atoms with van der Waals surface area (Å²) in [6.45, 7) is 2.14. The van der Waals surface area contributed by atoms with Crippen LogP contribution in [0.1, 0.15) is 48.5 Å². The molecule has 0 saturated heterocycles. The molecule has 2 atom stereocenters. The molecule has 1 amide bonds. The minimum absolute atomic E-state index is 0.0602. The first-order valence-corrected chi connectivity index (χ1v) is 11.2. The van der Waals surface area contributed by atoms with E-state index in [0.717, 1.165) is 37.1 Å². The number of pyridine rings is 1. The molecule has 1 heterocycles. The monoisotopic (exact) mass is 444 g/mol. The van der Waals surface area contributed by atoms with Crippen molar-refractivity contribution in [3.63, 3.8) is 0 Å². The third kappa shape index (κ3) is 4.87. The molecule has 4 rings (SSSR count). The van der Waals surface area contributed by atoms with Crippen molar-refractivity contribution in [2.75, 3.05) is 0 Å². The van der Waals surface area contributed by atoms with E-state index in [4.69, 9.17) is 0 Å². The van der Waals surface area contributed by atoms with E-state index in [9.17, 15) is 18.0 Å². The highest BCUT2D eigenvalue weighted by molar-refractivity contribution is 7.99. The fourth-order valence-corrected chi connectivity index (χ4v) is 5.06. The lowest BCUT2D eigenvalue weighted by Gasteiger charge is -2.29. The van der Waals surface area contributed by atoms with Crippen LogP contribution in [0.4, 0.5) is 13.2 Å². The lowest BCUT2D eigenvalue weighted by Crippen LogP contribution is -2.41. The van der Waals surface area contributed by atoms with Crippen LogP contribution in [0.15, 0.2) is 64.5 Å². The number of nitrogens with zero attached hydrogens (tertiary/aromatic N) is 1. The van der Waals surface area contributed by atoms with Gasteiger partial charge < -0.3 is 5.32 Å². The average molecular weight is 445 g/mol. The number of nitrogens with one attached hydrogen (secondary N) is 1. The summed E-state index contributed by atoms with van der Waals surface area (Å²) in [6, 6.07) is 14.3. The Balaban J connectivity index is 1.70. The zero-order chi connectivity index (χ0) is 22.0. The van der Waals surface area contributed by atoms with E-state index in [1.807, 2.05) is 12.1 Å². The molecule has 1 fully saturated rings. The van der Waals surface area contributed by atoms with Crippen LogP contribution in [0.3, 0.4) is 0 Å². The zero-order valence-electron chi connectivity index (χ0n) is 17.1. The fraction of sp³-hybridized carbons (Fsp3) is 0.333. The molecule has 0 aliphatic heterocycles. The Bertz CT molecular complexity index is 1100. The molecule has 0 radical (unpaired) electrons. The maximum absolute atomic E-state index is 13.4. The number of fused-ring (bicyclic) bond motifs is 1. The number of carbonyl (C=O) groups is 1. The van der Waals surface area contributed by atoms with Crippen LogP contribution in [0.5, 0.6) is 0 Å². The van der Waals surface area contributed by atoms with Crippen LogP contribution >= 0.6 is 11.8 Å². The van der Waals surface area contributed by atoms with Crippen LogP contribution in [0.25, 0.3) is 10.9 Å². The topological polar surface area (TPSA) is 42.0 Å². The first-order chi connectivity index (χ1) is 14.8. The number of amides is 1. The van der Waals surface area contributed by atoms with Gasteiger partial charge in [-0.25, -0.2) is 4.98 Å². The normalized spacial score (nSPS) is 19.4. The van der Waals surface area contributed by atoms with Gasteiger partial charge >= 0.3 is 6.18 Å². The Hall–Kier alpha value is -2.54. The summed E-state index contributed by atoms with van der Waals surface area (Å²) in [5.41, 5.74) is 0.311. The Kier molecular flexibility index (Phi) is 6.23. The van der Waals surface area contributed by atoms with Crippen molar-refractivity contribution in [2.24, 2.45) is 5.92 Å². The van der Waals surface area contributed by atoms with Crippen molar-refractivity contribution >= 4 is 28.6 Å². The van der Waals surface area contributed by atoms with Crippen LogP contribution in [0, 0.1) is 5.92 Å². The number of rotatable bonds is 4. The summed E-state index contributed by atoms with van der Waals surface area (Å²) in [5.74, 6) is 0.196. The second kappa shape index (κ2) is 8.91. The molecule has 7 heteroatoms. The van der Waals surface area contributed by atoms with Crippen LogP contribution in [-0.2, 0) is 6.18 Å². The van der Waals surface area contributed by atoms with E-state index in [1.54, 1.807) is 24.3 Å². The number of halogens is 3. The van der Waals surface area contributed by atoms with Crippen LogP contribution in [0.2, 0.25) is 0 Å². The van der Waals surface area contributed by atoms with E-state index < -0.39 is 11.7 Å². The van der Waals surface area contributed by atoms with Crippen LogP contribution in [-0.4, -0.2) is 16.9 Å². The van der Waals surface area contributed by atoms with Gasteiger partial charge in [0.2, 0.25) is 0 Å². The Labute approximate surface area is 183 Å². The van der Waals surface area contributed by atoms with Crippen molar-refractivity contribution in [2.45, 2.75) is 54.7 Å². The summed E-state index contributed by atoms with van der Waals surface area (Å²) in [6.07, 6.45) is -0.182. The SMILES string of the molecule is C[C@@H]1CCCC[C@@H]1NC(=O)c1cc(Sc2ccccc2C(F)(F)F)nc2ccccc12. The van der Waals surface area contributed by atoms with Gasteiger partial charge in [-0.2, -0.15) is 13.2 Å². The Morgan fingerprint density at radius 3 is 2.55 bits per heavy atom. The van der Waals surface area contributed by atoms with Gasteiger partial charge in [-0.15, -0.1) is 0 Å². The third-order valence-corrected chi connectivity index (χ3v) is 6.77. The predicted molar refractivity (Wildman–Crippen MR) is 116 cm³/mol. The minimum atomic E-state index is -4.46. The molecule has 2 aromatic carbocycles. The molecular weight excluding hydrogens is 421 g/mol. The van der Waals surface area contributed by atoms with Gasteiger partial charge in [-0.3, -0.25) is 4.79 Å². The summed E-state index contributed by atoms with van der Waals surface area (Å²) in [5, 5.41) is 4.20. The molecule has 162 valence electrons. The smallest absolute Gasteiger partial charge is 0.349 e. The maximum atomic E-state index is 13.4. The van der Waals surface area contributed by atoms with Crippen molar-refractivity contribution < 1.29 is 18.0 Å². The predicted octanol–water partition coefficient (Wildman–Crippen LogP) is 6.71. The highest BCUT2D eigenvalue weighted by Crippen LogP contribution is 2.39. The highest BCUT2D eigenvalue weighted by Gasteiger charge is 2.33. The summed E-state index contributed by atoms with van der Waals surface area (Å²) in [4.78, 5) is 17.7.